The monoisotopic (exact) mass is 382 g/mol. The third-order valence-electron chi connectivity index (χ3n) is 5.28. The highest BCUT2D eigenvalue weighted by molar-refractivity contribution is 5.79. The van der Waals surface area contributed by atoms with Crippen LogP contribution in [-0.4, -0.2) is 44.2 Å². The van der Waals surface area contributed by atoms with Gasteiger partial charge in [0.05, 0.1) is 20.6 Å². The first-order valence-electron chi connectivity index (χ1n) is 9.85. The minimum Gasteiger partial charge on any atom is -0.497 e. The molecule has 3 rings (SSSR count). The first-order valence-corrected chi connectivity index (χ1v) is 9.85. The molecule has 1 amide bonds. The van der Waals surface area contributed by atoms with E-state index in [9.17, 15) is 4.79 Å². The molecule has 0 saturated carbocycles. The van der Waals surface area contributed by atoms with Gasteiger partial charge in [-0.2, -0.15) is 0 Å². The van der Waals surface area contributed by atoms with E-state index in [1.54, 1.807) is 14.2 Å². The number of carbonyl (C=O) groups excluding carboxylic acids is 1. The fraction of sp³-hybridized carbons (Fsp3) is 0.435. The molecule has 1 aliphatic rings. The average Bonchev–Trinajstić information content (AvgIpc) is 2.69. The molecule has 2 aromatic rings. The number of aryl methyl sites for hydroxylation is 1. The third kappa shape index (κ3) is 5.49. The van der Waals surface area contributed by atoms with Gasteiger partial charge in [0, 0.05) is 31.2 Å². The summed E-state index contributed by atoms with van der Waals surface area (Å²) in [5.41, 5.74) is 3.50. The Morgan fingerprint density at radius 1 is 1.11 bits per heavy atom. The molecule has 0 unspecified atom stereocenters. The van der Waals surface area contributed by atoms with E-state index in [1.807, 2.05) is 18.2 Å². The molecule has 1 fully saturated rings. The van der Waals surface area contributed by atoms with Crippen LogP contribution in [0.25, 0.3) is 0 Å². The fourth-order valence-electron chi connectivity index (χ4n) is 3.78. The zero-order chi connectivity index (χ0) is 19.9. The summed E-state index contributed by atoms with van der Waals surface area (Å²) in [5, 5.41) is 3.19. The van der Waals surface area contributed by atoms with E-state index < -0.39 is 0 Å². The second-order valence-corrected chi connectivity index (χ2v) is 7.46. The topological polar surface area (TPSA) is 50.8 Å². The number of ether oxygens (including phenoxy) is 2. The van der Waals surface area contributed by atoms with Crippen molar-refractivity contribution >= 4 is 5.91 Å². The minimum atomic E-state index is 0.0312. The number of hydrogen-bond acceptors (Lipinski definition) is 4. The number of likely N-dealkylation sites (tertiary alicyclic amines) is 1. The highest BCUT2D eigenvalue weighted by atomic mass is 16.5. The molecule has 0 radical (unpaired) electrons. The number of carbonyl (C=O) groups is 1. The summed E-state index contributed by atoms with van der Waals surface area (Å²) in [6.07, 6.45) is 2.25. The summed E-state index contributed by atoms with van der Waals surface area (Å²) in [7, 11) is 3.24. The van der Waals surface area contributed by atoms with Gasteiger partial charge in [-0.05, 0) is 43.5 Å². The molecule has 5 heteroatoms. The van der Waals surface area contributed by atoms with Crippen LogP contribution in [-0.2, 0) is 17.8 Å². The Balaban J connectivity index is 1.49. The van der Waals surface area contributed by atoms with E-state index in [0.717, 1.165) is 43.8 Å². The highest BCUT2D eigenvalue weighted by Crippen LogP contribution is 2.24. The van der Waals surface area contributed by atoms with Crippen molar-refractivity contribution in [3.05, 3.63) is 59.2 Å². The molecule has 2 aromatic carbocycles. The van der Waals surface area contributed by atoms with E-state index in [2.05, 4.69) is 41.4 Å². The smallest absolute Gasteiger partial charge is 0.224 e. The van der Waals surface area contributed by atoms with Crippen LogP contribution in [0.15, 0.2) is 42.5 Å². The third-order valence-corrected chi connectivity index (χ3v) is 5.28. The Morgan fingerprint density at radius 2 is 1.89 bits per heavy atom. The van der Waals surface area contributed by atoms with Crippen molar-refractivity contribution in [2.45, 2.75) is 38.8 Å². The lowest BCUT2D eigenvalue weighted by atomic mass is 10.0. The zero-order valence-corrected chi connectivity index (χ0v) is 17.0. The minimum absolute atomic E-state index is 0.0312. The number of amides is 1. The number of nitrogens with zero attached hydrogens (tertiary/aromatic N) is 1. The zero-order valence-electron chi connectivity index (χ0n) is 17.0. The van der Waals surface area contributed by atoms with Crippen molar-refractivity contribution in [2.24, 2.45) is 0 Å². The molecule has 0 spiro atoms. The highest BCUT2D eigenvalue weighted by Gasteiger charge is 2.21. The van der Waals surface area contributed by atoms with Crippen LogP contribution in [0.5, 0.6) is 11.5 Å². The summed E-state index contributed by atoms with van der Waals surface area (Å²) in [5.74, 6) is 1.47. The van der Waals surface area contributed by atoms with Crippen molar-refractivity contribution < 1.29 is 14.3 Å². The lowest BCUT2D eigenvalue weighted by Gasteiger charge is -2.32. The molecule has 0 atom stereocenters. The van der Waals surface area contributed by atoms with E-state index in [0.29, 0.717) is 12.2 Å². The van der Waals surface area contributed by atoms with Crippen molar-refractivity contribution in [1.82, 2.24) is 10.2 Å². The van der Waals surface area contributed by atoms with Crippen LogP contribution in [0.1, 0.15) is 29.5 Å². The van der Waals surface area contributed by atoms with Gasteiger partial charge in [0.2, 0.25) is 5.91 Å². The Morgan fingerprint density at radius 3 is 2.57 bits per heavy atom. The second kappa shape index (κ2) is 9.60. The molecule has 1 heterocycles. The predicted molar refractivity (Wildman–Crippen MR) is 111 cm³/mol. The molecule has 28 heavy (non-hydrogen) atoms. The molecule has 5 nitrogen and oxygen atoms in total. The molecular weight excluding hydrogens is 352 g/mol. The normalized spacial score (nSPS) is 15.2. The number of nitrogens with one attached hydrogen (secondary N) is 1. The van der Waals surface area contributed by atoms with E-state index in [1.165, 1.54) is 11.1 Å². The molecule has 1 N–H and O–H groups in total. The van der Waals surface area contributed by atoms with E-state index in [-0.39, 0.29) is 11.9 Å². The Kier molecular flexibility index (Phi) is 6.93. The number of methoxy groups -OCH3 is 2. The number of rotatable bonds is 7. The van der Waals surface area contributed by atoms with Gasteiger partial charge in [-0.3, -0.25) is 9.69 Å². The molecular formula is C23H30N2O3. The van der Waals surface area contributed by atoms with Crippen LogP contribution in [0.3, 0.4) is 0 Å². The van der Waals surface area contributed by atoms with Gasteiger partial charge in [0.1, 0.15) is 11.5 Å². The van der Waals surface area contributed by atoms with Crippen molar-refractivity contribution in [2.75, 3.05) is 27.3 Å². The van der Waals surface area contributed by atoms with E-state index >= 15 is 0 Å². The average molecular weight is 383 g/mol. The van der Waals surface area contributed by atoms with Gasteiger partial charge >= 0.3 is 0 Å². The van der Waals surface area contributed by atoms with Crippen LogP contribution in [0, 0.1) is 6.92 Å². The van der Waals surface area contributed by atoms with Crippen LogP contribution < -0.4 is 14.8 Å². The van der Waals surface area contributed by atoms with E-state index in [4.69, 9.17) is 9.47 Å². The summed E-state index contributed by atoms with van der Waals surface area (Å²) in [6.45, 7) is 5.11. The summed E-state index contributed by atoms with van der Waals surface area (Å²) < 4.78 is 10.6. The predicted octanol–water partition coefficient (Wildman–Crippen LogP) is 3.34. The van der Waals surface area contributed by atoms with Gasteiger partial charge in [0.25, 0.3) is 0 Å². The van der Waals surface area contributed by atoms with Crippen molar-refractivity contribution in [1.29, 1.82) is 0 Å². The molecule has 1 aliphatic heterocycles. The van der Waals surface area contributed by atoms with Gasteiger partial charge in [-0.15, -0.1) is 0 Å². The second-order valence-electron chi connectivity index (χ2n) is 7.46. The standard InChI is InChI=1S/C23H30N2O3/c1-17-5-4-6-18(13-17)16-25-11-9-20(10-12-25)24-23(26)15-19-14-21(27-2)7-8-22(19)28-3/h4-8,13-14,20H,9-12,15-16H2,1-3H3,(H,24,26). The first-order chi connectivity index (χ1) is 13.6. The number of hydrogen-bond donors (Lipinski definition) is 1. The first kappa shape index (κ1) is 20.2. The Labute approximate surface area is 167 Å². The molecule has 0 aromatic heterocycles. The maximum absolute atomic E-state index is 12.5. The number of piperidine rings is 1. The molecule has 150 valence electrons. The van der Waals surface area contributed by atoms with Crippen LogP contribution in [0.4, 0.5) is 0 Å². The Bertz CT molecular complexity index is 798. The van der Waals surface area contributed by atoms with Crippen LogP contribution >= 0.6 is 0 Å². The summed E-state index contributed by atoms with van der Waals surface area (Å²) in [6, 6.07) is 14.4. The van der Waals surface area contributed by atoms with Gasteiger partial charge in [-0.1, -0.05) is 29.8 Å². The van der Waals surface area contributed by atoms with Gasteiger partial charge in [0.15, 0.2) is 0 Å². The maximum Gasteiger partial charge on any atom is 0.224 e. The fourth-order valence-corrected chi connectivity index (χ4v) is 3.78. The number of benzene rings is 2. The quantitative estimate of drug-likeness (QED) is 0.798. The van der Waals surface area contributed by atoms with Gasteiger partial charge in [-0.25, -0.2) is 0 Å². The molecule has 1 saturated heterocycles. The summed E-state index contributed by atoms with van der Waals surface area (Å²) >= 11 is 0. The largest absolute Gasteiger partial charge is 0.497 e. The summed E-state index contributed by atoms with van der Waals surface area (Å²) in [4.78, 5) is 15.0. The maximum atomic E-state index is 12.5. The van der Waals surface area contributed by atoms with Crippen molar-refractivity contribution in [3.8, 4) is 11.5 Å². The SMILES string of the molecule is COc1ccc(OC)c(CC(=O)NC2CCN(Cc3cccc(C)c3)CC2)c1. The van der Waals surface area contributed by atoms with Crippen LogP contribution in [0.2, 0.25) is 0 Å². The van der Waals surface area contributed by atoms with Crippen molar-refractivity contribution in [3.63, 3.8) is 0 Å². The lowest BCUT2D eigenvalue weighted by Crippen LogP contribution is -2.44. The van der Waals surface area contributed by atoms with Gasteiger partial charge < -0.3 is 14.8 Å². The molecule has 0 bridgehead atoms. The molecule has 0 aliphatic carbocycles. The Hall–Kier alpha value is -2.53. The lowest BCUT2D eigenvalue weighted by molar-refractivity contribution is -0.121.